The molecule has 2 unspecified atom stereocenters. The lowest BCUT2D eigenvalue weighted by molar-refractivity contribution is 0.413. The predicted molar refractivity (Wildman–Crippen MR) is 265 cm³/mol. The summed E-state index contributed by atoms with van der Waals surface area (Å²) in [5.74, 6) is 1.03. The van der Waals surface area contributed by atoms with Crippen LogP contribution in [0.15, 0.2) is 237 Å². The molecule has 0 amide bonds. The van der Waals surface area contributed by atoms with Crippen molar-refractivity contribution < 1.29 is 0 Å². The molecule has 1 fully saturated rings. The zero-order valence-electron chi connectivity index (χ0n) is 35.1. The molecule has 2 heterocycles. The van der Waals surface area contributed by atoms with E-state index in [-0.39, 0.29) is 0 Å². The summed E-state index contributed by atoms with van der Waals surface area (Å²) in [7, 11) is 0. The average molecular weight is 813 g/mol. The Balaban J connectivity index is 0.997. The van der Waals surface area contributed by atoms with Gasteiger partial charge in [0.1, 0.15) is 0 Å². The van der Waals surface area contributed by atoms with E-state index >= 15 is 0 Å². The third-order valence-corrected chi connectivity index (χ3v) is 12.8. The minimum Gasteiger partial charge on any atom is -0.316 e. The second-order valence-corrected chi connectivity index (χ2v) is 16.6. The minimum atomic E-state index is 0.497. The van der Waals surface area contributed by atoms with Crippen molar-refractivity contribution in [2.45, 2.75) is 18.3 Å². The summed E-state index contributed by atoms with van der Waals surface area (Å²) in [5.41, 5.74) is 15.4. The minimum absolute atomic E-state index is 0.497. The third-order valence-electron chi connectivity index (χ3n) is 12.8. The molecule has 304 valence electrons. The Hall–Kier alpha value is -7.66. The van der Waals surface area contributed by atoms with E-state index < -0.39 is 0 Å². The molecule has 1 aromatic heterocycles. The Morgan fingerprint density at radius 1 is 0.349 bits per heavy atom. The van der Waals surface area contributed by atoms with Crippen LogP contribution in [0.4, 0.5) is 34.1 Å². The Labute approximate surface area is 370 Å². The summed E-state index contributed by atoms with van der Waals surface area (Å²) in [6.07, 6.45) is 1.17. The summed E-state index contributed by atoms with van der Waals surface area (Å²) in [4.78, 5) is 4.69. The lowest BCUT2D eigenvalue weighted by atomic mass is 9.82. The largest absolute Gasteiger partial charge is 0.316 e. The van der Waals surface area contributed by atoms with Crippen molar-refractivity contribution in [3.05, 3.63) is 248 Å². The van der Waals surface area contributed by atoms with Gasteiger partial charge >= 0.3 is 0 Å². The maximum absolute atomic E-state index is 3.71. The monoisotopic (exact) mass is 812 g/mol. The van der Waals surface area contributed by atoms with E-state index in [9.17, 15) is 0 Å². The number of nitrogens with one attached hydrogen (secondary N) is 1. The molecule has 0 saturated carbocycles. The van der Waals surface area contributed by atoms with E-state index in [4.69, 9.17) is 0 Å². The van der Waals surface area contributed by atoms with Crippen molar-refractivity contribution in [1.82, 2.24) is 9.88 Å². The zero-order valence-corrected chi connectivity index (χ0v) is 35.1. The lowest BCUT2D eigenvalue weighted by Crippen LogP contribution is -2.33. The predicted octanol–water partition coefficient (Wildman–Crippen LogP) is 15.3. The van der Waals surface area contributed by atoms with E-state index in [1.807, 2.05) is 0 Å². The van der Waals surface area contributed by atoms with Gasteiger partial charge in [-0.15, -0.1) is 0 Å². The van der Waals surface area contributed by atoms with E-state index in [2.05, 4.69) is 256 Å². The summed E-state index contributed by atoms with van der Waals surface area (Å²) in [5, 5.41) is 6.09. The number of anilines is 6. The Bertz CT molecular complexity index is 2870. The molecule has 1 aliphatic rings. The third kappa shape index (κ3) is 7.56. The summed E-state index contributed by atoms with van der Waals surface area (Å²) in [6, 6.07) is 85.8. The second kappa shape index (κ2) is 17.0. The first-order chi connectivity index (χ1) is 31.2. The zero-order chi connectivity index (χ0) is 42.0. The molecule has 2 atom stereocenters. The van der Waals surface area contributed by atoms with Gasteiger partial charge in [-0.05, 0) is 138 Å². The van der Waals surface area contributed by atoms with Crippen LogP contribution in [0.3, 0.4) is 0 Å². The molecular formula is C59H48N4. The molecule has 0 bridgehead atoms. The normalized spacial score (nSPS) is 15.0. The van der Waals surface area contributed by atoms with Crippen LogP contribution in [0.25, 0.3) is 38.6 Å². The number of hydrogen-bond acceptors (Lipinski definition) is 3. The van der Waals surface area contributed by atoms with Gasteiger partial charge in [-0.3, -0.25) is 0 Å². The number of para-hydroxylation sites is 4. The van der Waals surface area contributed by atoms with Crippen LogP contribution in [0.1, 0.15) is 29.4 Å². The summed E-state index contributed by atoms with van der Waals surface area (Å²) in [6.45, 7) is 2.06. The molecule has 63 heavy (non-hydrogen) atoms. The molecule has 11 rings (SSSR count). The van der Waals surface area contributed by atoms with Crippen molar-refractivity contribution in [3.8, 4) is 16.8 Å². The topological polar surface area (TPSA) is 23.4 Å². The summed E-state index contributed by atoms with van der Waals surface area (Å²) < 4.78 is 2.43. The van der Waals surface area contributed by atoms with Crippen LogP contribution in [0.2, 0.25) is 0 Å². The van der Waals surface area contributed by atoms with E-state index in [0.29, 0.717) is 11.8 Å². The van der Waals surface area contributed by atoms with E-state index in [1.165, 1.54) is 39.4 Å². The molecule has 0 aliphatic carbocycles. The number of hydrogen-bond donors (Lipinski definition) is 1. The number of aromatic nitrogens is 1. The van der Waals surface area contributed by atoms with Crippen molar-refractivity contribution in [3.63, 3.8) is 0 Å². The average Bonchev–Trinajstić information content (AvgIpc) is 3.69. The molecule has 10 aromatic rings. The van der Waals surface area contributed by atoms with Crippen LogP contribution in [0.5, 0.6) is 0 Å². The molecule has 1 saturated heterocycles. The summed E-state index contributed by atoms with van der Waals surface area (Å²) >= 11 is 0. The van der Waals surface area contributed by atoms with Crippen molar-refractivity contribution >= 4 is 55.9 Å². The van der Waals surface area contributed by atoms with E-state index in [1.54, 1.807) is 0 Å². The molecular weight excluding hydrogens is 765 g/mol. The van der Waals surface area contributed by atoms with Crippen LogP contribution in [-0.2, 0) is 0 Å². The number of nitrogens with zero attached hydrogens (tertiary/aromatic N) is 3. The van der Waals surface area contributed by atoms with Crippen LogP contribution in [-0.4, -0.2) is 17.7 Å². The molecule has 1 aliphatic heterocycles. The highest BCUT2D eigenvalue weighted by Gasteiger charge is 2.24. The maximum atomic E-state index is 3.71. The molecule has 9 aromatic carbocycles. The fourth-order valence-corrected chi connectivity index (χ4v) is 9.68. The van der Waals surface area contributed by atoms with Gasteiger partial charge in [-0.2, -0.15) is 0 Å². The first-order valence-electron chi connectivity index (χ1n) is 22.1. The first kappa shape index (κ1) is 38.3. The number of fused-ring (bicyclic) bond motifs is 3. The van der Waals surface area contributed by atoms with E-state index in [0.717, 1.165) is 63.9 Å². The fourth-order valence-electron chi connectivity index (χ4n) is 9.68. The van der Waals surface area contributed by atoms with Gasteiger partial charge < -0.3 is 19.7 Å². The molecule has 1 N–H and O–H groups in total. The quantitative estimate of drug-likeness (QED) is 0.149. The number of piperidine rings is 1. The Morgan fingerprint density at radius 3 is 1.13 bits per heavy atom. The van der Waals surface area contributed by atoms with Gasteiger partial charge in [0.2, 0.25) is 0 Å². The molecule has 0 spiro atoms. The van der Waals surface area contributed by atoms with Gasteiger partial charge in [0.25, 0.3) is 0 Å². The van der Waals surface area contributed by atoms with Crippen molar-refractivity contribution in [2.24, 2.45) is 0 Å². The molecule has 4 nitrogen and oxygen atoms in total. The van der Waals surface area contributed by atoms with Crippen molar-refractivity contribution in [2.75, 3.05) is 22.9 Å². The van der Waals surface area contributed by atoms with Gasteiger partial charge in [-0.25, -0.2) is 0 Å². The van der Waals surface area contributed by atoms with Crippen molar-refractivity contribution in [1.29, 1.82) is 0 Å². The maximum Gasteiger partial charge on any atom is 0.0542 e. The molecule has 0 radical (unpaired) electrons. The van der Waals surface area contributed by atoms with Gasteiger partial charge in [0, 0.05) is 63.7 Å². The Morgan fingerprint density at radius 2 is 0.714 bits per heavy atom. The SMILES string of the molecule is c1ccc(C2CNCC(c3ccc(-c4ccc(-n5c6ccc(N(c7ccccc7)c7ccccc7)cc6c6cc(N(c7ccccc7)c7ccccc7)ccc65)cc4)cc3)C2)cc1. The van der Waals surface area contributed by atoms with Gasteiger partial charge in [0.15, 0.2) is 0 Å². The first-order valence-corrected chi connectivity index (χ1v) is 22.1. The smallest absolute Gasteiger partial charge is 0.0542 e. The highest BCUT2D eigenvalue weighted by atomic mass is 15.1. The Kier molecular flexibility index (Phi) is 10.3. The number of rotatable bonds is 10. The van der Waals surface area contributed by atoms with Gasteiger partial charge in [-0.1, -0.05) is 140 Å². The molecule has 4 heteroatoms. The standard InChI is InChI=1S/C59H48N4/c1-6-16-43(17-7-1)47-38-48(42-60-41-47)46-28-26-44(27-29-46)45-30-32-53(33-31-45)63-58-36-34-54(61(49-18-8-2-9-19-49)50-20-10-3-11-21-50)39-56(58)57-40-55(35-37-59(57)63)62(51-22-12-4-13-23-51)52-24-14-5-15-25-52/h1-37,39-40,47-48,60H,38,41-42H2. The highest BCUT2D eigenvalue weighted by Crippen LogP contribution is 2.43. The van der Waals surface area contributed by atoms with Crippen LogP contribution < -0.4 is 15.1 Å². The van der Waals surface area contributed by atoms with Gasteiger partial charge in [0.05, 0.1) is 11.0 Å². The highest BCUT2D eigenvalue weighted by molar-refractivity contribution is 6.12. The lowest BCUT2D eigenvalue weighted by Gasteiger charge is -2.30. The second-order valence-electron chi connectivity index (χ2n) is 16.6. The fraction of sp³-hybridized carbons (Fsp3) is 0.0847. The number of benzene rings is 9. The van der Waals surface area contributed by atoms with Crippen LogP contribution >= 0.6 is 0 Å². The van der Waals surface area contributed by atoms with Crippen LogP contribution in [0, 0.1) is 0 Å².